The van der Waals surface area contributed by atoms with Gasteiger partial charge in [0.05, 0.1) is 4.34 Å². The number of hydrogen-bond donors (Lipinski definition) is 1. The Hall–Kier alpha value is -0.0500. The van der Waals surface area contributed by atoms with Gasteiger partial charge < -0.3 is 5.32 Å². The van der Waals surface area contributed by atoms with E-state index >= 15 is 0 Å². The van der Waals surface area contributed by atoms with Crippen LogP contribution in [0.3, 0.4) is 0 Å². The lowest BCUT2D eigenvalue weighted by molar-refractivity contribution is 0.297. The van der Waals surface area contributed by atoms with Crippen molar-refractivity contribution in [3.8, 4) is 0 Å². The van der Waals surface area contributed by atoms with E-state index in [2.05, 4.69) is 18.3 Å². The van der Waals surface area contributed by atoms with Crippen LogP contribution in [0.2, 0.25) is 4.34 Å². The number of rotatable bonds is 3. The zero-order valence-corrected chi connectivity index (χ0v) is 14.0. The highest BCUT2D eigenvalue weighted by molar-refractivity contribution is 7.16. The molecule has 0 aromatic carbocycles. The fourth-order valence-corrected chi connectivity index (χ4v) is 5.34. The average molecular weight is 312 g/mol. The second-order valence-electron chi connectivity index (χ2n) is 6.58. The number of fused-ring (bicyclic) bond motifs is 1. The van der Waals surface area contributed by atoms with Gasteiger partial charge in [-0.05, 0) is 56.6 Å². The van der Waals surface area contributed by atoms with Gasteiger partial charge in [0, 0.05) is 17.0 Å². The van der Waals surface area contributed by atoms with Crippen LogP contribution >= 0.6 is 22.9 Å². The fraction of sp³-hybridized carbons (Fsp3) is 0.765. The molecule has 3 rings (SSSR count). The van der Waals surface area contributed by atoms with E-state index in [0.717, 1.165) is 10.3 Å². The molecular weight excluding hydrogens is 286 g/mol. The van der Waals surface area contributed by atoms with E-state index in [0.29, 0.717) is 12.1 Å². The van der Waals surface area contributed by atoms with Gasteiger partial charge in [-0.3, -0.25) is 0 Å². The zero-order valence-electron chi connectivity index (χ0n) is 12.5. The minimum absolute atomic E-state index is 0.542. The lowest BCUT2D eigenvalue weighted by atomic mass is 9.89. The highest BCUT2D eigenvalue weighted by Crippen LogP contribution is 2.38. The summed E-state index contributed by atoms with van der Waals surface area (Å²) in [6.07, 6.45) is 12.4. The summed E-state index contributed by atoms with van der Waals surface area (Å²) in [7, 11) is 0. The van der Waals surface area contributed by atoms with Gasteiger partial charge in [0.1, 0.15) is 0 Å². The summed E-state index contributed by atoms with van der Waals surface area (Å²) in [5.74, 6) is 0.872. The van der Waals surface area contributed by atoms with Crippen molar-refractivity contribution in [3.05, 3.63) is 20.8 Å². The summed E-state index contributed by atoms with van der Waals surface area (Å²) in [5, 5.41) is 3.93. The quantitative estimate of drug-likeness (QED) is 0.703. The third-order valence-corrected chi connectivity index (χ3v) is 6.49. The molecule has 1 fully saturated rings. The van der Waals surface area contributed by atoms with Crippen LogP contribution < -0.4 is 5.32 Å². The van der Waals surface area contributed by atoms with Crippen molar-refractivity contribution in [2.45, 2.75) is 76.8 Å². The third kappa shape index (κ3) is 3.40. The number of halogens is 1. The van der Waals surface area contributed by atoms with E-state index in [-0.39, 0.29) is 0 Å². The predicted octanol–water partition coefficient (Wildman–Crippen LogP) is 5.73. The maximum Gasteiger partial charge on any atom is 0.0934 e. The van der Waals surface area contributed by atoms with E-state index in [9.17, 15) is 0 Å². The van der Waals surface area contributed by atoms with Crippen molar-refractivity contribution in [1.82, 2.24) is 5.32 Å². The average Bonchev–Trinajstić information content (AvgIpc) is 2.64. The molecule has 0 aliphatic heterocycles. The molecule has 0 radical (unpaired) electrons. The third-order valence-electron chi connectivity index (χ3n) is 5.15. The summed E-state index contributed by atoms with van der Waals surface area (Å²) in [5.41, 5.74) is 1.49. The van der Waals surface area contributed by atoms with E-state index in [1.54, 1.807) is 11.3 Å². The van der Waals surface area contributed by atoms with Crippen molar-refractivity contribution in [3.63, 3.8) is 0 Å². The van der Waals surface area contributed by atoms with Crippen LogP contribution in [0, 0.1) is 5.92 Å². The molecule has 3 heteroatoms. The fourth-order valence-electron chi connectivity index (χ4n) is 3.96. The van der Waals surface area contributed by atoms with Gasteiger partial charge in [-0.25, -0.2) is 0 Å². The Morgan fingerprint density at radius 2 is 1.90 bits per heavy atom. The molecule has 1 aromatic heterocycles. The minimum atomic E-state index is 0.542. The summed E-state index contributed by atoms with van der Waals surface area (Å²) in [6.45, 7) is 2.40. The summed E-state index contributed by atoms with van der Waals surface area (Å²) in [4.78, 5) is 1.52. The summed E-state index contributed by atoms with van der Waals surface area (Å²) in [6, 6.07) is 3.39. The first-order valence-corrected chi connectivity index (χ1v) is 9.47. The smallest absolute Gasteiger partial charge is 0.0934 e. The molecule has 1 N–H and O–H groups in total. The van der Waals surface area contributed by atoms with E-state index < -0.39 is 0 Å². The molecule has 1 saturated carbocycles. The molecular formula is C17H26ClNS. The maximum atomic E-state index is 6.21. The molecule has 0 saturated heterocycles. The predicted molar refractivity (Wildman–Crippen MR) is 88.8 cm³/mol. The normalized spacial score (nSPS) is 26.0. The Morgan fingerprint density at radius 1 is 1.15 bits per heavy atom. The zero-order chi connectivity index (χ0) is 13.9. The van der Waals surface area contributed by atoms with Crippen LogP contribution in [-0.4, -0.2) is 6.04 Å². The molecule has 20 heavy (non-hydrogen) atoms. The lowest BCUT2D eigenvalue weighted by Gasteiger charge is -2.31. The maximum absolute atomic E-state index is 6.21. The highest BCUT2D eigenvalue weighted by atomic mass is 35.5. The van der Waals surface area contributed by atoms with Crippen molar-refractivity contribution < 1.29 is 0 Å². The molecule has 1 aromatic rings. The minimum Gasteiger partial charge on any atom is -0.307 e. The van der Waals surface area contributed by atoms with Gasteiger partial charge in [-0.1, -0.05) is 37.3 Å². The first kappa shape index (κ1) is 14.9. The van der Waals surface area contributed by atoms with Crippen LogP contribution in [0.15, 0.2) is 6.07 Å². The molecule has 0 amide bonds. The van der Waals surface area contributed by atoms with Gasteiger partial charge >= 0.3 is 0 Å². The first-order valence-electron chi connectivity index (χ1n) is 8.28. The van der Waals surface area contributed by atoms with Crippen LogP contribution in [0.5, 0.6) is 0 Å². The number of aryl methyl sites for hydroxylation is 1. The van der Waals surface area contributed by atoms with Gasteiger partial charge in [0.15, 0.2) is 0 Å². The van der Waals surface area contributed by atoms with Gasteiger partial charge in [0.2, 0.25) is 0 Å². The molecule has 1 nitrogen and oxygen atoms in total. The van der Waals surface area contributed by atoms with Crippen molar-refractivity contribution in [1.29, 1.82) is 0 Å². The second kappa shape index (κ2) is 6.81. The summed E-state index contributed by atoms with van der Waals surface area (Å²) < 4.78 is 0.964. The largest absolute Gasteiger partial charge is 0.307 e. The monoisotopic (exact) mass is 311 g/mol. The first-order chi connectivity index (χ1) is 9.74. The van der Waals surface area contributed by atoms with Crippen LogP contribution in [0.1, 0.15) is 74.8 Å². The molecule has 2 aliphatic carbocycles. The molecule has 1 unspecified atom stereocenters. The van der Waals surface area contributed by atoms with Gasteiger partial charge in [-0.15, -0.1) is 11.3 Å². The van der Waals surface area contributed by atoms with E-state index in [4.69, 9.17) is 11.6 Å². The Labute approximate surface area is 132 Å². The molecule has 2 aliphatic rings. The van der Waals surface area contributed by atoms with Crippen LogP contribution in [0.4, 0.5) is 0 Å². The van der Waals surface area contributed by atoms with Crippen LogP contribution in [0.25, 0.3) is 0 Å². The SMILES string of the molecule is C[C@@H](NC1CCCc2sc(Cl)cc21)C1CCCCCC1. The van der Waals surface area contributed by atoms with Crippen molar-refractivity contribution in [2.75, 3.05) is 0 Å². The van der Waals surface area contributed by atoms with Crippen LogP contribution in [-0.2, 0) is 6.42 Å². The Balaban J connectivity index is 1.65. The molecule has 0 spiro atoms. The summed E-state index contributed by atoms with van der Waals surface area (Å²) >= 11 is 8.00. The molecule has 112 valence electrons. The molecule has 0 bridgehead atoms. The van der Waals surface area contributed by atoms with Gasteiger partial charge in [0.25, 0.3) is 0 Å². The van der Waals surface area contributed by atoms with Crippen molar-refractivity contribution >= 4 is 22.9 Å². The van der Waals surface area contributed by atoms with Crippen molar-refractivity contribution in [2.24, 2.45) is 5.92 Å². The van der Waals surface area contributed by atoms with E-state index in [1.807, 2.05) is 0 Å². The highest BCUT2D eigenvalue weighted by Gasteiger charge is 2.26. The molecule has 1 heterocycles. The number of hydrogen-bond acceptors (Lipinski definition) is 2. The second-order valence-corrected chi connectivity index (χ2v) is 8.35. The Morgan fingerprint density at radius 3 is 2.65 bits per heavy atom. The van der Waals surface area contributed by atoms with E-state index in [1.165, 1.54) is 68.2 Å². The topological polar surface area (TPSA) is 12.0 Å². The lowest BCUT2D eigenvalue weighted by Crippen LogP contribution is -2.37. The molecule has 2 atom stereocenters. The Bertz CT molecular complexity index is 434. The standard InChI is InChI=1S/C17H26ClNS/c1-12(13-7-4-2-3-5-8-13)19-15-9-6-10-16-14(15)11-17(18)20-16/h11-13,15,19H,2-10H2,1H3/t12-,15?/m1/s1. The number of thiophene rings is 1. The Kier molecular flexibility index (Phi) is 5.06. The number of nitrogens with one attached hydrogen (secondary N) is 1. The van der Waals surface area contributed by atoms with Gasteiger partial charge in [-0.2, -0.15) is 0 Å².